The monoisotopic (exact) mass is 444 g/mol. The second kappa shape index (κ2) is 11.8. The number of amides is 1. The molecule has 0 spiro atoms. The maximum absolute atomic E-state index is 12.0. The number of aliphatic imine (C=N–C) groups is 1. The smallest absolute Gasteiger partial charge is 0.243 e. The van der Waals surface area contributed by atoms with E-state index in [0.29, 0.717) is 0 Å². The van der Waals surface area contributed by atoms with Crippen LogP contribution in [0.4, 0.5) is 0 Å². The number of aromatic nitrogens is 1. The number of guanidine groups is 1. The molecule has 0 bridgehead atoms. The Morgan fingerprint density at radius 2 is 1.97 bits per heavy atom. The lowest BCUT2D eigenvalue weighted by molar-refractivity contribution is -0.127. The SMILES string of the molecule is Cc1cc(CN2CCN(C(=NCC(=O)N(C)C)NCCSc3ccccc3)CC2)no1. The van der Waals surface area contributed by atoms with E-state index in [-0.39, 0.29) is 12.5 Å². The number of piperazine rings is 1. The Hall–Kier alpha value is -2.52. The predicted octanol–water partition coefficient (Wildman–Crippen LogP) is 1.93. The van der Waals surface area contributed by atoms with Gasteiger partial charge in [-0.1, -0.05) is 23.4 Å². The third kappa shape index (κ3) is 7.59. The van der Waals surface area contributed by atoms with Gasteiger partial charge in [0.15, 0.2) is 5.96 Å². The number of rotatable bonds is 8. The standard InChI is InChI=1S/C22H32N6O2S/c1-18-15-19(25-30-18)17-27-10-12-28(13-11-27)22(24-16-21(29)26(2)3)23-9-14-31-20-7-5-4-6-8-20/h4-8,15H,9-14,16-17H2,1-3H3,(H,23,24). The molecule has 9 heteroatoms. The molecule has 3 rings (SSSR count). The lowest BCUT2D eigenvalue weighted by atomic mass is 10.3. The van der Waals surface area contributed by atoms with Crippen molar-refractivity contribution in [2.45, 2.75) is 18.4 Å². The number of carbonyl (C=O) groups is 1. The van der Waals surface area contributed by atoms with Crippen LogP contribution in [0.2, 0.25) is 0 Å². The summed E-state index contributed by atoms with van der Waals surface area (Å²) in [4.78, 5) is 24.1. The van der Waals surface area contributed by atoms with Crippen molar-refractivity contribution in [3.8, 4) is 0 Å². The lowest BCUT2D eigenvalue weighted by Gasteiger charge is -2.36. The minimum atomic E-state index is -0.00185. The summed E-state index contributed by atoms with van der Waals surface area (Å²) in [6.07, 6.45) is 0. The van der Waals surface area contributed by atoms with Crippen molar-refractivity contribution in [3.05, 3.63) is 47.9 Å². The summed E-state index contributed by atoms with van der Waals surface area (Å²) in [5.74, 6) is 2.57. The molecule has 8 nitrogen and oxygen atoms in total. The summed E-state index contributed by atoms with van der Waals surface area (Å²) in [6, 6.07) is 12.3. The average Bonchev–Trinajstić information content (AvgIpc) is 3.18. The Morgan fingerprint density at radius 3 is 2.61 bits per heavy atom. The molecule has 1 aliphatic heterocycles. The fourth-order valence-corrected chi connectivity index (χ4v) is 4.03. The molecule has 1 fully saturated rings. The minimum absolute atomic E-state index is 0.00185. The molecule has 1 amide bonds. The van der Waals surface area contributed by atoms with Gasteiger partial charge in [-0.05, 0) is 19.1 Å². The normalized spacial score (nSPS) is 15.2. The molecule has 0 saturated carbocycles. The van der Waals surface area contributed by atoms with Gasteiger partial charge in [0, 0.05) is 70.1 Å². The number of hydrogen-bond acceptors (Lipinski definition) is 6. The highest BCUT2D eigenvalue weighted by atomic mass is 32.2. The molecule has 31 heavy (non-hydrogen) atoms. The van der Waals surface area contributed by atoms with E-state index in [2.05, 4.69) is 49.5 Å². The van der Waals surface area contributed by atoms with Crippen molar-refractivity contribution in [2.75, 3.05) is 59.1 Å². The van der Waals surface area contributed by atoms with Gasteiger partial charge in [-0.2, -0.15) is 0 Å². The molecule has 1 aromatic heterocycles. The number of aryl methyl sites for hydroxylation is 1. The van der Waals surface area contributed by atoms with Crippen molar-refractivity contribution in [1.82, 2.24) is 25.2 Å². The van der Waals surface area contributed by atoms with Crippen LogP contribution in [0.3, 0.4) is 0 Å². The van der Waals surface area contributed by atoms with Gasteiger partial charge in [0.2, 0.25) is 5.91 Å². The van der Waals surface area contributed by atoms with Crippen molar-refractivity contribution in [2.24, 2.45) is 4.99 Å². The van der Waals surface area contributed by atoms with Crippen molar-refractivity contribution < 1.29 is 9.32 Å². The fourth-order valence-electron chi connectivity index (χ4n) is 3.24. The zero-order valence-corrected chi connectivity index (χ0v) is 19.4. The van der Waals surface area contributed by atoms with Crippen LogP contribution in [0.15, 0.2) is 50.8 Å². The Bertz CT molecular complexity index is 847. The minimum Gasteiger partial charge on any atom is -0.361 e. The predicted molar refractivity (Wildman–Crippen MR) is 124 cm³/mol. The van der Waals surface area contributed by atoms with Crippen LogP contribution in [0.5, 0.6) is 0 Å². The molecule has 168 valence electrons. The molecule has 1 aromatic carbocycles. The van der Waals surface area contributed by atoms with Crippen LogP contribution in [0, 0.1) is 6.92 Å². The molecular weight excluding hydrogens is 412 g/mol. The first-order valence-corrected chi connectivity index (χ1v) is 11.6. The van der Waals surface area contributed by atoms with Gasteiger partial charge in [0.1, 0.15) is 12.3 Å². The first-order valence-electron chi connectivity index (χ1n) is 10.6. The van der Waals surface area contributed by atoms with Gasteiger partial charge in [0.05, 0.1) is 5.69 Å². The molecular formula is C22H32N6O2S. The maximum atomic E-state index is 12.0. The highest BCUT2D eigenvalue weighted by molar-refractivity contribution is 7.99. The lowest BCUT2D eigenvalue weighted by Crippen LogP contribution is -2.52. The quantitative estimate of drug-likeness (QED) is 0.288. The fraction of sp³-hybridized carbons (Fsp3) is 0.500. The van der Waals surface area contributed by atoms with Gasteiger partial charge in [-0.25, -0.2) is 4.99 Å². The third-order valence-corrected chi connectivity index (χ3v) is 6.01. The van der Waals surface area contributed by atoms with Gasteiger partial charge in [-0.15, -0.1) is 11.8 Å². The number of likely N-dealkylation sites (N-methyl/N-ethyl adjacent to an activating group) is 1. The van der Waals surface area contributed by atoms with Crippen molar-refractivity contribution in [3.63, 3.8) is 0 Å². The molecule has 0 atom stereocenters. The van der Waals surface area contributed by atoms with Crippen LogP contribution in [-0.2, 0) is 11.3 Å². The largest absolute Gasteiger partial charge is 0.361 e. The number of nitrogens with zero attached hydrogens (tertiary/aromatic N) is 5. The van der Waals surface area contributed by atoms with Gasteiger partial charge >= 0.3 is 0 Å². The number of thioether (sulfide) groups is 1. The second-order valence-electron chi connectivity index (χ2n) is 7.71. The summed E-state index contributed by atoms with van der Waals surface area (Å²) in [6.45, 7) is 7.16. The van der Waals surface area contributed by atoms with Gasteiger partial charge < -0.3 is 19.6 Å². The van der Waals surface area contributed by atoms with E-state index in [9.17, 15) is 4.79 Å². The third-order valence-electron chi connectivity index (χ3n) is 4.99. The van der Waals surface area contributed by atoms with Crippen molar-refractivity contribution in [1.29, 1.82) is 0 Å². The molecule has 1 N–H and O–H groups in total. The summed E-state index contributed by atoms with van der Waals surface area (Å²) in [5, 5.41) is 7.55. The topological polar surface area (TPSA) is 77.2 Å². The second-order valence-corrected chi connectivity index (χ2v) is 8.88. The van der Waals surface area contributed by atoms with E-state index in [1.807, 2.05) is 19.1 Å². The molecule has 2 aromatic rings. The highest BCUT2D eigenvalue weighted by Crippen LogP contribution is 2.16. The van der Waals surface area contributed by atoms with Crippen LogP contribution >= 0.6 is 11.8 Å². The van der Waals surface area contributed by atoms with Crippen molar-refractivity contribution >= 4 is 23.6 Å². The molecule has 0 unspecified atom stereocenters. The van der Waals surface area contributed by atoms with E-state index in [1.165, 1.54) is 4.90 Å². The molecule has 0 aliphatic carbocycles. The van der Waals surface area contributed by atoms with E-state index >= 15 is 0 Å². The van der Waals surface area contributed by atoms with Crippen LogP contribution in [0.1, 0.15) is 11.5 Å². The number of carbonyl (C=O) groups excluding carboxylic acids is 1. The first kappa shape index (κ1) is 23.1. The van der Waals surface area contributed by atoms with E-state index in [4.69, 9.17) is 4.52 Å². The van der Waals surface area contributed by atoms with Crippen LogP contribution in [0.25, 0.3) is 0 Å². The highest BCUT2D eigenvalue weighted by Gasteiger charge is 2.21. The zero-order valence-electron chi connectivity index (χ0n) is 18.6. The summed E-state index contributed by atoms with van der Waals surface area (Å²) in [5.41, 5.74) is 0.965. The summed E-state index contributed by atoms with van der Waals surface area (Å²) in [7, 11) is 3.51. The van der Waals surface area contributed by atoms with Gasteiger partial charge in [0.25, 0.3) is 0 Å². The number of hydrogen-bond donors (Lipinski definition) is 1. The Kier molecular flexibility index (Phi) is 8.78. The van der Waals surface area contributed by atoms with E-state index in [1.54, 1.807) is 30.8 Å². The van der Waals surface area contributed by atoms with E-state index < -0.39 is 0 Å². The molecule has 0 radical (unpaired) electrons. The Balaban J connectivity index is 1.52. The van der Waals surface area contributed by atoms with E-state index in [0.717, 1.165) is 62.4 Å². The maximum Gasteiger partial charge on any atom is 0.243 e. The molecule has 1 aliphatic rings. The summed E-state index contributed by atoms with van der Waals surface area (Å²) < 4.78 is 5.17. The van der Waals surface area contributed by atoms with Crippen LogP contribution in [-0.4, -0.2) is 90.8 Å². The Labute approximate surface area is 188 Å². The van der Waals surface area contributed by atoms with Crippen LogP contribution < -0.4 is 5.32 Å². The molecule has 2 heterocycles. The number of benzene rings is 1. The average molecular weight is 445 g/mol. The number of nitrogens with one attached hydrogen (secondary N) is 1. The summed E-state index contributed by atoms with van der Waals surface area (Å²) >= 11 is 1.81. The van der Waals surface area contributed by atoms with Gasteiger partial charge in [-0.3, -0.25) is 9.69 Å². The first-order chi connectivity index (χ1) is 15.0. The zero-order chi connectivity index (χ0) is 22.1. The Morgan fingerprint density at radius 1 is 1.23 bits per heavy atom. The molecule has 1 saturated heterocycles.